The molecule has 0 saturated carbocycles. The molecule has 0 aromatic heterocycles. The van der Waals surface area contributed by atoms with Crippen LogP contribution in [0.25, 0.3) is 0 Å². The molecule has 1 atom stereocenters. The zero-order chi connectivity index (χ0) is 17.9. The second-order valence-electron chi connectivity index (χ2n) is 7.28. The number of benzene rings is 2. The van der Waals surface area contributed by atoms with Crippen LogP contribution in [-0.4, -0.2) is 17.2 Å². The van der Waals surface area contributed by atoms with Crippen LogP contribution < -0.4 is 4.74 Å². The van der Waals surface area contributed by atoms with E-state index in [-0.39, 0.29) is 5.41 Å². The Balaban J connectivity index is 2.17. The molecule has 1 unspecified atom stereocenters. The molecule has 0 radical (unpaired) electrons. The SMILES string of the molecule is Cc1cccc(CC(Oc2ccc(C(C)(C)C)cc2)C(=O)O)c1C. The number of rotatable bonds is 5. The van der Waals surface area contributed by atoms with E-state index in [0.29, 0.717) is 12.2 Å². The maximum absolute atomic E-state index is 11.6. The molecular formula is C21H26O3. The summed E-state index contributed by atoms with van der Waals surface area (Å²) in [5.74, 6) is -0.364. The minimum absolute atomic E-state index is 0.0589. The first-order valence-corrected chi connectivity index (χ1v) is 8.23. The smallest absolute Gasteiger partial charge is 0.345 e. The predicted molar refractivity (Wildman–Crippen MR) is 96.8 cm³/mol. The molecule has 0 bridgehead atoms. The van der Waals surface area contributed by atoms with Gasteiger partial charge in [0, 0.05) is 6.42 Å². The van der Waals surface area contributed by atoms with Crippen molar-refractivity contribution in [3.63, 3.8) is 0 Å². The summed E-state index contributed by atoms with van der Waals surface area (Å²) in [4.78, 5) is 11.6. The van der Waals surface area contributed by atoms with E-state index < -0.39 is 12.1 Å². The summed E-state index contributed by atoms with van der Waals surface area (Å²) in [6.45, 7) is 10.5. The first kappa shape index (κ1) is 18.1. The summed E-state index contributed by atoms with van der Waals surface area (Å²) in [6.07, 6.45) is -0.546. The van der Waals surface area contributed by atoms with Gasteiger partial charge in [-0.1, -0.05) is 51.1 Å². The highest BCUT2D eigenvalue weighted by Crippen LogP contribution is 2.25. The maximum atomic E-state index is 11.6. The van der Waals surface area contributed by atoms with Crippen molar-refractivity contribution >= 4 is 5.97 Å². The van der Waals surface area contributed by atoms with Gasteiger partial charge in [0.25, 0.3) is 0 Å². The summed E-state index contributed by atoms with van der Waals surface area (Å²) in [5.41, 5.74) is 4.54. The number of aliphatic carboxylic acids is 1. The van der Waals surface area contributed by atoms with E-state index in [0.717, 1.165) is 16.7 Å². The number of hydrogen-bond donors (Lipinski definition) is 1. The molecule has 3 heteroatoms. The zero-order valence-electron chi connectivity index (χ0n) is 15.1. The van der Waals surface area contributed by atoms with Crippen LogP contribution >= 0.6 is 0 Å². The van der Waals surface area contributed by atoms with E-state index >= 15 is 0 Å². The topological polar surface area (TPSA) is 46.5 Å². The van der Waals surface area contributed by atoms with Gasteiger partial charge in [-0.05, 0) is 53.6 Å². The monoisotopic (exact) mass is 326 g/mol. The molecular weight excluding hydrogens is 300 g/mol. The molecule has 2 aromatic rings. The molecule has 2 aromatic carbocycles. The molecule has 0 saturated heterocycles. The van der Waals surface area contributed by atoms with E-state index in [1.165, 1.54) is 5.56 Å². The second kappa shape index (κ2) is 7.08. The Labute approximate surface area is 144 Å². The molecule has 128 valence electrons. The summed E-state index contributed by atoms with van der Waals surface area (Å²) >= 11 is 0. The number of hydrogen-bond acceptors (Lipinski definition) is 2. The Bertz CT molecular complexity index is 709. The fourth-order valence-electron chi connectivity index (χ4n) is 2.61. The van der Waals surface area contributed by atoms with Gasteiger partial charge in [-0.25, -0.2) is 4.79 Å². The highest BCUT2D eigenvalue weighted by Gasteiger charge is 2.22. The van der Waals surface area contributed by atoms with Crippen molar-refractivity contribution in [1.82, 2.24) is 0 Å². The summed E-state index contributed by atoms with van der Waals surface area (Å²) in [6, 6.07) is 13.6. The van der Waals surface area contributed by atoms with Crippen molar-refractivity contribution < 1.29 is 14.6 Å². The number of carbonyl (C=O) groups is 1. The molecule has 1 N–H and O–H groups in total. The van der Waals surface area contributed by atoms with Crippen LogP contribution in [0.2, 0.25) is 0 Å². The third kappa shape index (κ3) is 4.38. The summed E-state index contributed by atoms with van der Waals surface area (Å²) < 4.78 is 5.74. The van der Waals surface area contributed by atoms with Crippen molar-refractivity contribution in [3.05, 3.63) is 64.7 Å². The molecule has 0 fully saturated rings. The van der Waals surface area contributed by atoms with Crippen LogP contribution in [0, 0.1) is 13.8 Å². The Morgan fingerprint density at radius 2 is 1.71 bits per heavy atom. The second-order valence-corrected chi connectivity index (χ2v) is 7.28. The Kier molecular flexibility index (Phi) is 5.33. The Hall–Kier alpha value is -2.29. The fourth-order valence-corrected chi connectivity index (χ4v) is 2.61. The van der Waals surface area contributed by atoms with E-state index in [9.17, 15) is 9.90 Å². The molecule has 0 heterocycles. The van der Waals surface area contributed by atoms with E-state index in [1.54, 1.807) is 0 Å². The van der Waals surface area contributed by atoms with E-state index in [2.05, 4.69) is 20.8 Å². The number of carboxylic acids is 1. The zero-order valence-corrected chi connectivity index (χ0v) is 15.1. The van der Waals surface area contributed by atoms with Gasteiger partial charge in [-0.3, -0.25) is 0 Å². The van der Waals surface area contributed by atoms with Crippen molar-refractivity contribution in [2.75, 3.05) is 0 Å². The molecule has 24 heavy (non-hydrogen) atoms. The average molecular weight is 326 g/mol. The van der Waals surface area contributed by atoms with Gasteiger partial charge in [-0.2, -0.15) is 0 Å². The molecule has 0 amide bonds. The Morgan fingerprint density at radius 3 is 2.25 bits per heavy atom. The van der Waals surface area contributed by atoms with E-state index in [1.807, 2.05) is 56.3 Å². The highest BCUT2D eigenvalue weighted by molar-refractivity contribution is 5.73. The normalized spacial score (nSPS) is 12.7. The van der Waals surface area contributed by atoms with Crippen LogP contribution in [0.15, 0.2) is 42.5 Å². The largest absolute Gasteiger partial charge is 0.478 e. The molecule has 0 spiro atoms. The standard InChI is InChI=1S/C21H26O3/c1-14-7-6-8-16(15(14)2)13-19(20(22)23)24-18-11-9-17(10-12-18)21(3,4)5/h6-12,19H,13H2,1-5H3,(H,22,23). The molecule has 0 aliphatic carbocycles. The fraction of sp³-hybridized carbons (Fsp3) is 0.381. The number of ether oxygens (including phenoxy) is 1. The van der Waals surface area contributed by atoms with Gasteiger partial charge in [0.2, 0.25) is 0 Å². The van der Waals surface area contributed by atoms with Crippen LogP contribution in [0.5, 0.6) is 5.75 Å². The lowest BCUT2D eigenvalue weighted by Gasteiger charge is -2.20. The quantitative estimate of drug-likeness (QED) is 0.868. The first-order valence-electron chi connectivity index (χ1n) is 8.23. The van der Waals surface area contributed by atoms with Crippen molar-refractivity contribution in [3.8, 4) is 5.75 Å². The predicted octanol–water partition coefficient (Wildman–Crippen LogP) is 4.68. The van der Waals surface area contributed by atoms with Crippen LogP contribution in [-0.2, 0) is 16.6 Å². The van der Waals surface area contributed by atoms with Gasteiger partial charge < -0.3 is 9.84 Å². The minimum atomic E-state index is -0.948. The minimum Gasteiger partial charge on any atom is -0.478 e. The van der Waals surface area contributed by atoms with Gasteiger partial charge in [0.1, 0.15) is 5.75 Å². The summed E-state index contributed by atoms with van der Waals surface area (Å²) in [7, 11) is 0. The van der Waals surface area contributed by atoms with Crippen LogP contribution in [0.3, 0.4) is 0 Å². The lowest BCUT2D eigenvalue weighted by atomic mass is 9.87. The molecule has 2 rings (SSSR count). The molecule has 3 nitrogen and oxygen atoms in total. The summed E-state index contributed by atoms with van der Waals surface area (Å²) in [5, 5.41) is 9.51. The highest BCUT2D eigenvalue weighted by atomic mass is 16.5. The van der Waals surface area contributed by atoms with Crippen LogP contribution in [0.4, 0.5) is 0 Å². The average Bonchev–Trinajstić information content (AvgIpc) is 2.50. The number of carboxylic acid groups (broad SMARTS) is 1. The van der Waals surface area contributed by atoms with E-state index in [4.69, 9.17) is 4.74 Å². The van der Waals surface area contributed by atoms with Gasteiger partial charge in [0.15, 0.2) is 6.10 Å². The van der Waals surface area contributed by atoms with Crippen molar-refractivity contribution in [1.29, 1.82) is 0 Å². The van der Waals surface area contributed by atoms with Crippen LogP contribution in [0.1, 0.15) is 43.0 Å². The maximum Gasteiger partial charge on any atom is 0.345 e. The van der Waals surface area contributed by atoms with Crippen molar-refractivity contribution in [2.24, 2.45) is 0 Å². The lowest BCUT2D eigenvalue weighted by Crippen LogP contribution is -2.29. The lowest BCUT2D eigenvalue weighted by molar-refractivity contribution is -0.145. The third-order valence-electron chi connectivity index (χ3n) is 4.40. The first-order chi connectivity index (χ1) is 11.2. The van der Waals surface area contributed by atoms with Gasteiger partial charge >= 0.3 is 5.97 Å². The molecule has 0 aliphatic heterocycles. The molecule has 0 aliphatic rings. The Morgan fingerprint density at radius 1 is 1.08 bits per heavy atom. The van der Waals surface area contributed by atoms with Crippen molar-refractivity contribution in [2.45, 2.75) is 52.6 Å². The number of aryl methyl sites for hydroxylation is 1. The van der Waals surface area contributed by atoms with Gasteiger partial charge in [-0.15, -0.1) is 0 Å². The van der Waals surface area contributed by atoms with Gasteiger partial charge in [0.05, 0.1) is 0 Å². The third-order valence-corrected chi connectivity index (χ3v) is 4.40.